The fourth-order valence-corrected chi connectivity index (χ4v) is 3.04. The maximum atomic E-state index is 11.7. The minimum atomic E-state index is -0.167. The molecular weight excluding hydrogens is 274 g/mol. The normalized spacial score (nSPS) is 20.6. The van der Waals surface area contributed by atoms with Gasteiger partial charge in [0.2, 0.25) is 5.91 Å². The van der Waals surface area contributed by atoms with Crippen LogP contribution in [-0.2, 0) is 4.79 Å². The van der Waals surface area contributed by atoms with Crippen molar-refractivity contribution in [3.05, 3.63) is 29.8 Å². The molecule has 1 amide bonds. The van der Waals surface area contributed by atoms with Crippen LogP contribution in [0.25, 0.3) is 0 Å². The molecule has 0 spiro atoms. The van der Waals surface area contributed by atoms with E-state index in [0.717, 1.165) is 37.1 Å². The first-order valence-corrected chi connectivity index (χ1v) is 7.62. The first kappa shape index (κ1) is 15.2. The zero-order valence-electron chi connectivity index (χ0n) is 12.1. The number of hydrogen-bond donors (Lipinski definition) is 0. The second kappa shape index (κ2) is 6.98. The largest absolute Gasteiger partial charge is 0.492 e. The van der Waals surface area contributed by atoms with Crippen molar-refractivity contribution in [1.29, 1.82) is 0 Å². The number of aryl methyl sites for hydroxylation is 1. The van der Waals surface area contributed by atoms with E-state index in [-0.39, 0.29) is 17.3 Å². The number of nitrogens with zero attached hydrogens (tertiary/aromatic N) is 1. The molecule has 0 unspecified atom stereocenters. The molecule has 0 bridgehead atoms. The van der Waals surface area contributed by atoms with Crippen LogP contribution in [0, 0.1) is 6.92 Å². The monoisotopic (exact) mass is 295 g/mol. The van der Waals surface area contributed by atoms with Crippen molar-refractivity contribution >= 4 is 17.5 Å². The third kappa shape index (κ3) is 3.89. The Kier molecular flexibility index (Phi) is 5.30. The topological polar surface area (TPSA) is 29.5 Å². The number of ether oxygens (including phenoxy) is 1. The van der Waals surface area contributed by atoms with E-state index in [1.165, 1.54) is 0 Å². The molecular formula is C16H22ClNO2. The van der Waals surface area contributed by atoms with Crippen molar-refractivity contribution in [3.8, 4) is 5.75 Å². The van der Waals surface area contributed by atoms with Gasteiger partial charge in [-0.05, 0) is 43.9 Å². The van der Waals surface area contributed by atoms with Gasteiger partial charge < -0.3 is 9.64 Å². The number of piperidine rings is 1. The maximum Gasteiger partial charge on any atom is 0.219 e. The van der Waals surface area contributed by atoms with Crippen LogP contribution in [0.4, 0.5) is 0 Å². The van der Waals surface area contributed by atoms with E-state index >= 15 is 0 Å². The third-order valence-corrected chi connectivity index (χ3v) is 4.19. The van der Waals surface area contributed by atoms with Gasteiger partial charge in [0.25, 0.3) is 0 Å². The Hall–Kier alpha value is -1.22. The molecule has 0 saturated carbocycles. The van der Waals surface area contributed by atoms with Crippen molar-refractivity contribution in [2.75, 3.05) is 13.2 Å². The zero-order valence-corrected chi connectivity index (χ0v) is 12.9. The van der Waals surface area contributed by atoms with Gasteiger partial charge >= 0.3 is 0 Å². The summed E-state index contributed by atoms with van der Waals surface area (Å²) in [5.74, 6) is 0.941. The van der Waals surface area contributed by atoms with Crippen LogP contribution in [0.1, 0.15) is 31.7 Å². The highest BCUT2D eigenvalue weighted by Crippen LogP contribution is 2.24. The lowest BCUT2D eigenvalue weighted by atomic mass is 9.99. The molecule has 1 aromatic carbocycles. The summed E-state index contributed by atoms with van der Waals surface area (Å²) in [5.41, 5.74) is 1.16. The number of hydrogen-bond acceptors (Lipinski definition) is 2. The number of amides is 1. The van der Waals surface area contributed by atoms with Crippen LogP contribution in [0.5, 0.6) is 5.75 Å². The van der Waals surface area contributed by atoms with Gasteiger partial charge in [0.05, 0.1) is 11.4 Å². The Balaban J connectivity index is 1.93. The Morgan fingerprint density at radius 3 is 3.00 bits per heavy atom. The summed E-state index contributed by atoms with van der Waals surface area (Å²) in [6, 6.07) is 8.01. The van der Waals surface area contributed by atoms with Gasteiger partial charge in [-0.25, -0.2) is 0 Å². The fourth-order valence-electron chi connectivity index (χ4n) is 2.72. The zero-order chi connectivity index (χ0) is 14.5. The summed E-state index contributed by atoms with van der Waals surface area (Å²) in [6.45, 7) is 4.89. The number of rotatable bonds is 4. The maximum absolute atomic E-state index is 11.7. The number of carbonyl (C=O) groups excluding carboxylic acids is 1. The average molecular weight is 296 g/mol. The predicted molar refractivity (Wildman–Crippen MR) is 81.3 cm³/mol. The molecule has 20 heavy (non-hydrogen) atoms. The van der Waals surface area contributed by atoms with E-state index in [0.29, 0.717) is 6.61 Å². The van der Waals surface area contributed by atoms with Gasteiger partial charge in [-0.3, -0.25) is 4.79 Å². The van der Waals surface area contributed by atoms with Crippen molar-refractivity contribution in [2.45, 2.75) is 44.5 Å². The molecule has 0 radical (unpaired) electrons. The first-order chi connectivity index (χ1) is 9.58. The van der Waals surface area contributed by atoms with Crippen molar-refractivity contribution < 1.29 is 9.53 Å². The van der Waals surface area contributed by atoms with Crippen LogP contribution in [0.15, 0.2) is 24.3 Å². The molecule has 3 nitrogen and oxygen atoms in total. The van der Waals surface area contributed by atoms with Crippen LogP contribution >= 0.6 is 11.6 Å². The smallest absolute Gasteiger partial charge is 0.219 e. The second-order valence-electron chi connectivity index (χ2n) is 5.42. The van der Waals surface area contributed by atoms with Gasteiger partial charge in [0.15, 0.2) is 0 Å². The van der Waals surface area contributed by atoms with E-state index in [1.54, 1.807) is 6.92 Å². The summed E-state index contributed by atoms with van der Waals surface area (Å²) >= 11 is 6.47. The molecule has 2 atom stereocenters. The molecule has 1 fully saturated rings. The number of halogens is 1. The highest BCUT2D eigenvalue weighted by Gasteiger charge is 2.30. The third-order valence-electron chi connectivity index (χ3n) is 3.77. The second-order valence-corrected chi connectivity index (χ2v) is 5.98. The van der Waals surface area contributed by atoms with Crippen LogP contribution in [-0.4, -0.2) is 35.4 Å². The average Bonchev–Trinajstić information content (AvgIpc) is 2.45. The lowest BCUT2D eigenvalue weighted by molar-refractivity contribution is -0.132. The molecule has 4 heteroatoms. The lowest BCUT2D eigenvalue weighted by Gasteiger charge is -2.37. The van der Waals surface area contributed by atoms with Gasteiger partial charge in [-0.15, -0.1) is 11.6 Å². The molecule has 0 aliphatic carbocycles. The summed E-state index contributed by atoms with van der Waals surface area (Å²) in [4.78, 5) is 13.5. The molecule has 1 saturated heterocycles. The molecule has 110 valence electrons. The van der Waals surface area contributed by atoms with E-state index < -0.39 is 0 Å². The minimum Gasteiger partial charge on any atom is -0.492 e. The summed E-state index contributed by atoms with van der Waals surface area (Å²) in [5, 5.41) is -0.167. The van der Waals surface area contributed by atoms with Crippen LogP contribution < -0.4 is 4.74 Å². The number of carbonyl (C=O) groups is 1. The van der Waals surface area contributed by atoms with Gasteiger partial charge in [0, 0.05) is 13.5 Å². The quantitative estimate of drug-likeness (QED) is 0.797. The Morgan fingerprint density at radius 2 is 2.30 bits per heavy atom. The van der Waals surface area contributed by atoms with Crippen molar-refractivity contribution in [2.24, 2.45) is 0 Å². The fraction of sp³-hybridized carbons (Fsp3) is 0.562. The van der Waals surface area contributed by atoms with E-state index in [4.69, 9.17) is 16.3 Å². The van der Waals surface area contributed by atoms with Gasteiger partial charge in [0.1, 0.15) is 12.4 Å². The number of benzene rings is 1. The lowest BCUT2D eigenvalue weighted by Crippen LogP contribution is -2.48. The molecule has 1 aliphatic rings. The first-order valence-electron chi connectivity index (χ1n) is 7.18. The summed E-state index contributed by atoms with van der Waals surface area (Å²) < 4.78 is 5.76. The number of alkyl halides is 1. The molecule has 0 aromatic heterocycles. The predicted octanol–water partition coefficient (Wildman–Crippen LogP) is 3.38. The Bertz CT molecular complexity index is 464. The molecule has 0 N–H and O–H groups in total. The van der Waals surface area contributed by atoms with Crippen molar-refractivity contribution in [1.82, 2.24) is 4.90 Å². The molecule has 1 heterocycles. The summed E-state index contributed by atoms with van der Waals surface area (Å²) in [7, 11) is 0. The molecule has 2 rings (SSSR count). The van der Waals surface area contributed by atoms with E-state index in [2.05, 4.69) is 0 Å². The van der Waals surface area contributed by atoms with Gasteiger partial charge in [-0.2, -0.15) is 0 Å². The van der Waals surface area contributed by atoms with E-state index in [1.807, 2.05) is 36.1 Å². The molecule has 1 aromatic rings. The Morgan fingerprint density at radius 1 is 1.50 bits per heavy atom. The summed E-state index contributed by atoms with van der Waals surface area (Å²) in [6.07, 6.45) is 3.16. The van der Waals surface area contributed by atoms with Crippen LogP contribution in [0.3, 0.4) is 0 Å². The minimum absolute atomic E-state index is 0.0905. The number of likely N-dealkylation sites (tertiary alicyclic amines) is 1. The van der Waals surface area contributed by atoms with E-state index in [9.17, 15) is 4.79 Å². The Labute approximate surface area is 125 Å². The van der Waals surface area contributed by atoms with Crippen LogP contribution in [0.2, 0.25) is 0 Å². The van der Waals surface area contributed by atoms with Gasteiger partial charge in [-0.1, -0.05) is 12.1 Å². The SMILES string of the molecule is CC(=O)N1CCCC[C@H]1[C@H](Cl)COc1cccc(C)c1. The highest BCUT2D eigenvalue weighted by molar-refractivity contribution is 6.21. The standard InChI is InChI=1S/C16H22ClNO2/c1-12-6-5-7-14(10-12)20-11-15(17)16-8-3-4-9-18(16)13(2)19/h5-7,10,15-16H,3-4,8-9,11H2,1-2H3/t15-,16+/m1/s1. The highest BCUT2D eigenvalue weighted by atomic mass is 35.5. The van der Waals surface area contributed by atoms with Crippen molar-refractivity contribution in [3.63, 3.8) is 0 Å². The molecule has 1 aliphatic heterocycles.